The highest BCUT2D eigenvalue weighted by molar-refractivity contribution is 9.10. The van der Waals surface area contributed by atoms with Gasteiger partial charge in [-0.2, -0.15) is 0 Å². The SMILES string of the molecule is CCOCCC(O)Cc1cccc(Br)c1. The van der Waals surface area contributed by atoms with Crippen LogP contribution in [0.3, 0.4) is 0 Å². The summed E-state index contributed by atoms with van der Waals surface area (Å²) in [5.41, 5.74) is 1.15. The summed E-state index contributed by atoms with van der Waals surface area (Å²) < 4.78 is 6.25. The van der Waals surface area contributed by atoms with E-state index in [1.54, 1.807) is 0 Å². The van der Waals surface area contributed by atoms with Crippen LogP contribution in [0, 0.1) is 0 Å². The molecule has 1 atom stereocenters. The minimum Gasteiger partial charge on any atom is -0.393 e. The Morgan fingerprint density at radius 3 is 2.93 bits per heavy atom. The van der Waals surface area contributed by atoms with Crippen molar-refractivity contribution < 1.29 is 9.84 Å². The molecule has 1 aromatic rings. The van der Waals surface area contributed by atoms with Crippen LogP contribution in [0.25, 0.3) is 0 Å². The van der Waals surface area contributed by atoms with E-state index in [-0.39, 0.29) is 6.10 Å². The van der Waals surface area contributed by atoms with Crippen molar-refractivity contribution in [3.05, 3.63) is 34.3 Å². The molecule has 0 amide bonds. The molecule has 2 nitrogen and oxygen atoms in total. The maximum Gasteiger partial charge on any atom is 0.0602 e. The maximum atomic E-state index is 9.72. The fraction of sp³-hybridized carbons (Fsp3) is 0.500. The maximum absolute atomic E-state index is 9.72. The molecule has 1 rings (SSSR count). The smallest absolute Gasteiger partial charge is 0.0602 e. The molecule has 1 unspecified atom stereocenters. The highest BCUT2D eigenvalue weighted by atomic mass is 79.9. The third-order valence-corrected chi connectivity index (χ3v) is 2.65. The van der Waals surface area contributed by atoms with E-state index in [0.717, 1.165) is 10.0 Å². The molecule has 0 aromatic heterocycles. The molecule has 0 aliphatic rings. The Bertz CT molecular complexity index is 289. The Morgan fingerprint density at radius 2 is 2.27 bits per heavy atom. The summed E-state index contributed by atoms with van der Waals surface area (Å²) in [6.07, 6.45) is 1.07. The van der Waals surface area contributed by atoms with Gasteiger partial charge in [0, 0.05) is 17.7 Å². The zero-order chi connectivity index (χ0) is 11.1. The van der Waals surface area contributed by atoms with Gasteiger partial charge in [0.1, 0.15) is 0 Å². The van der Waals surface area contributed by atoms with Crippen molar-refractivity contribution in [2.24, 2.45) is 0 Å². The number of ether oxygens (including phenoxy) is 1. The number of aliphatic hydroxyl groups excluding tert-OH is 1. The van der Waals surface area contributed by atoms with Crippen molar-refractivity contribution in [3.63, 3.8) is 0 Å². The normalized spacial score (nSPS) is 12.7. The number of benzene rings is 1. The van der Waals surface area contributed by atoms with Crippen LogP contribution in [0.4, 0.5) is 0 Å². The lowest BCUT2D eigenvalue weighted by atomic mass is 10.1. The molecule has 84 valence electrons. The van der Waals surface area contributed by atoms with Crippen LogP contribution >= 0.6 is 15.9 Å². The lowest BCUT2D eigenvalue weighted by molar-refractivity contribution is 0.0887. The number of rotatable bonds is 6. The van der Waals surface area contributed by atoms with E-state index in [9.17, 15) is 5.11 Å². The molecule has 3 heteroatoms. The van der Waals surface area contributed by atoms with E-state index < -0.39 is 0 Å². The molecular weight excluding hydrogens is 256 g/mol. The van der Waals surface area contributed by atoms with Gasteiger partial charge in [0.15, 0.2) is 0 Å². The van der Waals surface area contributed by atoms with Crippen LogP contribution < -0.4 is 0 Å². The highest BCUT2D eigenvalue weighted by Gasteiger charge is 2.05. The van der Waals surface area contributed by atoms with E-state index in [1.165, 1.54) is 0 Å². The van der Waals surface area contributed by atoms with E-state index in [0.29, 0.717) is 26.1 Å². The second-order valence-corrected chi connectivity index (χ2v) is 4.39. The zero-order valence-corrected chi connectivity index (χ0v) is 10.5. The first-order valence-corrected chi connectivity index (χ1v) is 6.02. The van der Waals surface area contributed by atoms with Gasteiger partial charge in [0.2, 0.25) is 0 Å². The topological polar surface area (TPSA) is 29.5 Å². The average molecular weight is 273 g/mol. The molecule has 0 radical (unpaired) electrons. The standard InChI is InChI=1S/C12H17BrO2/c1-2-15-7-6-12(14)9-10-4-3-5-11(13)8-10/h3-5,8,12,14H,2,6-7,9H2,1H3. The number of halogens is 1. The molecule has 0 spiro atoms. The van der Waals surface area contributed by atoms with Crippen molar-refractivity contribution in [2.75, 3.05) is 13.2 Å². The molecule has 0 bridgehead atoms. The first-order chi connectivity index (χ1) is 7.22. The van der Waals surface area contributed by atoms with E-state index in [2.05, 4.69) is 15.9 Å². The molecule has 0 aliphatic carbocycles. The fourth-order valence-electron chi connectivity index (χ4n) is 1.40. The van der Waals surface area contributed by atoms with Crippen LogP contribution in [0.2, 0.25) is 0 Å². The summed E-state index contributed by atoms with van der Waals surface area (Å²) in [7, 11) is 0. The molecule has 0 fully saturated rings. The Labute approximate surface area is 99.4 Å². The fourth-order valence-corrected chi connectivity index (χ4v) is 1.85. The summed E-state index contributed by atoms with van der Waals surface area (Å²) in [4.78, 5) is 0. The van der Waals surface area contributed by atoms with E-state index in [4.69, 9.17) is 4.74 Å². The lowest BCUT2D eigenvalue weighted by Gasteiger charge is -2.10. The Hall–Kier alpha value is -0.380. The molecule has 0 heterocycles. The predicted molar refractivity (Wildman–Crippen MR) is 65.0 cm³/mol. The van der Waals surface area contributed by atoms with E-state index in [1.807, 2.05) is 31.2 Å². The third kappa shape index (κ3) is 5.30. The van der Waals surface area contributed by atoms with Crippen LogP contribution in [0.1, 0.15) is 18.9 Å². The number of hydrogen-bond acceptors (Lipinski definition) is 2. The first-order valence-electron chi connectivity index (χ1n) is 5.22. The minimum absolute atomic E-state index is 0.314. The lowest BCUT2D eigenvalue weighted by Crippen LogP contribution is -2.13. The van der Waals surface area contributed by atoms with Crippen LogP contribution in [-0.4, -0.2) is 24.4 Å². The monoisotopic (exact) mass is 272 g/mol. The van der Waals surface area contributed by atoms with Crippen molar-refractivity contribution in [1.29, 1.82) is 0 Å². The van der Waals surface area contributed by atoms with Crippen molar-refractivity contribution in [3.8, 4) is 0 Å². The van der Waals surface area contributed by atoms with Gasteiger partial charge in [-0.15, -0.1) is 0 Å². The second-order valence-electron chi connectivity index (χ2n) is 3.47. The summed E-state index contributed by atoms with van der Waals surface area (Å²) >= 11 is 3.41. The highest BCUT2D eigenvalue weighted by Crippen LogP contribution is 2.13. The van der Waals surface area contributed by atoms with Crippen LogP contribution in [0.5, 0.6) is 0 Å². The van der Waals surface area contributed by atoms with E-state index >= 15 is 0 Å². The summed E-state index contributed by atoms with van der Waals surface area (Å²) in [5.74, 6) is 0. The van der Waals surface area contributed by atoms with Crippen LogP contribution in [-0.2, 0) is 11.2 Å². The Kier molecular flexibility index (Phi) is 5.91. The second kappa shape index (κ2) is 6.99. The van der Waals surface area contributed by atoms with Crippen molar-refractivity contribution >= 4 is 15.9 Å². The molecule has 1 aromatic carbocycles. The summed E-state index contributed by atoms with van der Waals surface area (Å²) in [6, 6.07) is 8.02. The van der Waals surface area contributed by atoms with Gasteiger partial charge < -0.3 is 9.84 Å². The summed E-state index contributed by atoms with van der Waals surface area (Å²) in [5, 5.41) is 9.72. The number of aliphatic hydroxyl groups is 1. The molecule has 0 saturated carbocycles. The van der Waals surface area contributed by atoms with Crippen molar-refractivity contribution in [1.82, 2.24) is 0 Å². The van der Waals surface area contributed by atoms with Gasteiger partial charge in [-0.25, -0.2) is 0 Å². The molecule has 0 aliphatic heterocycles. The average Bonchev–Trinajstić information content (AvgIpc) is 2.18. The first kappa shape index (κ1) is 12.7. The molecule has 15 heavy (non-hydrogen) atoms. The van der Waals surface area contributed by atoms with Gasteiger partial charge >= 0.3 is 0 Å². The van der Waals surface area contributed by atoms with Crippen molar-refractivity contribution in [2.45, 2.75) is 25.9 Å². The van der Waals surface area contributed by atoms with Gasteiger partial charge in [-0.05, 0) is 37.5 Å². The van der Waals surface area contributed by atoms with Crippen LogP contribution in [0.15, 0.2) is 28.7 Å². The largest absolute Gasteiger partial charge is 0.393 e. The quantitative estimate of drug-likeness (QED) is 0.807. The zero-order valence-electron chi connectivity index (χ0n) is 8.95. The molecule has 1 N–H and O–H groups in total. The molecular formula is C12H17BrO2. The van der Waals surface area contributed by atoms with Gasteiger partial charge in [0.05, 0.1) is 6.10 Å². The van der Waals surface area contributed by atoms with Gasteiger partial charge in [-0.1, -0.05) is 28.1 Å². The van der Waals surface area contributed by atoms with Gasteiger partial charge in [0.25, 0.3) is 0 Å². The number of hydrogen-bond donors (Lipinski definition) is 1. The Balaban J connectivity index is 2.34. The minimum atomic E-state index is -0.314. The molecule has 0 saturated heterocycles. The third-order valence-electron chi connectivity index (χ3n) is 2.16. The summed E-state index contributed by atoms with van der Waals surface area (Å²) in [6.45, 7) is 3.30. The predicted octanol–water partition coefficient (Wildman–Crippen LogP) is 2.78. The van der Waals surface area contributed by atoms with Gasteiger partial charge in [-0.3, -0.25) is 0 Å². The Morgan fingerprint density at radius 1 is 1.47 bits per heavy atom.